The third-order valence-electron chi connectivity index (χ3n) is 5.37. The van der Waals surface area contributed by atoms with Gasteiger partial charge in [-0.25, -0.2) is 14.2 Å². The van der Waals surface area contributed by atoms with Crippen LogP contribution in [-0.4, -0.2) is 41.0 Å². The molecule has 0 unspecified atom stereocenters. The highest BCUT2D eigenvalue weighted by Crippen LogP contribution is 2.28. The van der Waals surface area contributed by atoms with E-state index in [1.54, 1.807) is 35.4 Å². The van der Waals surface area contributed by atoms with Crippen molar-refractivity contribution in [2.24, 2.45) is 0 Å². The second-order valence-corrected chi connectivity index (χ2v) is 7.33. The lowest BCUT2D eigenvalue weighted by atomic mass is 10.1. The van der Waals surface area contributed by atoms with Gasteiger partial charge in [-0.15, -0.1) is 0 Å². The molecule has 146 valence electrons. The summed E-state index contributed by atoms with van der Waals surface area (Å²) in [7, 11) is 0. The van der Waals surface area contributed by atoms with Gasteiger partial charge in [0.1, 0.15) is 11.6 Å². The first-order valence-electron chi connectivity index (χ1n) is 9.68. The molecule has 3 amide bonds. The van der Waals surface area contributed by atoms with Gasteiger partial charge in [0.15, 0.2) is 0 Å². The smallest absolute Gasteiger partial charge is 0.324 e. The highest BCUT2D eigenvalue weighted by Gasteiger charge is 2.36. The van der Waals surface area contributed by atoms with Gasteiger partial charge in [0.2, 0.25) is 5.91 Å². The number of aromatic nitrogens is 1. The van der Waals surface area contributed by atoms with Gasteiger partial charge in [-0.1, -0.05) is 25.0 Å². The predicted molar refractivity (Wildman–Crippen MR) is 105 cm³/mol. The molecule has 28 heavy (non-hydrogen) atoms. The third kappa shape index (κ3) is 3.98. The van der Waals surface area contributed by atoms with Crippen molar-refractivity contribution in [2.75, 3.05) is 23.3 Å². The number of benzene rings is 1. The monoisotopic (exact) mass is 382 g/mol. The Morgan fingerprint density at radius 2 is 2.00 bits per heavy atom. The fourth-order valence-electron chi connectivity index (χ4n) is 3.98. The zero-order valence-corrected chi connectivity index (χ0v) is 15.6. The average molecular weight is 382 g/mol. The van der Waals surface area contributed by atoms with Crippen molar-refractivity contribution in [1.82, 2.24) is 9.88 Å². The molecule has 0 spiro atoms. The summed E-state index contributed by atoms with van der Waals surface area (Å²) in [4.78, 5) is 32.8. The maximum atomic E-state index is 13.2. The van der Waals surface area contributed by atoms with Gasteiger partial charge in [-0.2, -0.15) is 0 Å². The zero-order valence-electron chi connectivity index (χ0n) is 15.6. The van der Waals surface area contributed by atoms with Crippen LogP contribution < -0.4 is 10.2 Å². The molecule has 2 aromatic rings. The van der Waals surface area contributed by atoms with Crippen LogP contribution in [0.25, 0.3) is 0 Å². The van der Waals surface area contributed by atoms with Crippen LogP contribution in [0.1, 0.15) is 31.2 Å². The Morgan fingerprint density at radius 1 is 1.18 bits per heavy atom. The van der Waals surface area contributed by atoms with Gasteiger partial charge in [0.05, 0.1) is 18.3 Å². The van der Waals surface area contributed by atoms with Gasteiger partial charge in [0.25, 0.3) is 0 Å². The summed E-state index contributed by atoms with van der Waals surface area (Å²) in [5, 5.41) is 2.75. The minimum Gasteiger partial charge on any atom is -0.324 e. The molecule has 1 saturated carbocycles. The SMILES string of the molecule is O=C(Cc1cccc(F)c1)Nc1ccc(N2CCN(C3CCCC3)C2=O)nc1. The Labute approximate surface area is 163 Å². The molecule has 1 saturated heterocycles. The summed E-state index contributed by atoms with van der Waals surface area (Å²) in [6.45, 7) is 1.37. The van der Waals surface area contributed by atoms with Gasteiger partial charge in [-0.05, 0) is 42.7 Å². The van der Waals surface area contributed by atoms with E-state index in [2.05, 4.69) is 10.3 Å². The Kier molecular flexibility index (Phi) is 5.23. The van der Waals surface area contributed by atoms with Crippen molar-refractivity contribution in [1.29, 1.82) is 0 Å². The van der Waals surface area contributed by atoms with Gasteiger partial charge >= 0.3 is 6.03 Å². The van der Waals surface area contributed by atoms with Crippen LogP contribution in [0.5, 0.6) is 0 Å². The number of carbonyl (C=O) groups is 2. The number of rotatable bonds is 5. The number of nitrogens with one attached hydrogen (secondary N) is 1. The van der Waals surface area contributed by atoms with E-state index in [9.17, 15) is 14.0 Å². The Balaban J connectivity index is 1.36. The van der Waals surface area contributed by atoms with Gasteiger partial charge < -0.3 is 10.2 Å². The van der Waals surface area contributed by atoms with Crippen LogP contribution in [-0.2, 0) is 11.2 Å². The first kappa shape index (κ1) is 18.4. The Hall–Kier alpha value is -2.96. The summed E-state index contributed by atoms with van der Waals surface area (Å²) >= 11 is 0. The first-order valence-corrected chi connectivity index (χ1v) is 9.68. The third-order valence-corrected chi connectivity index (χ3v) is 5.37. The normalized spacial score (nSPS) is 17.4. The Morgan fingerprint density at radius 3 is 2.71 bits per heavy atom. The quantitative estimate of drug-likeness (QED) is 0.860. The Bertz CT molecular complexity index is 865. The zero-order chi connectivity index (χ0) is 19.5. The van der Waals surface area contributed by atoms with E-state index in [0.29, 0.717) is 29.7 Å². The molecule has 1 aromatic heterocycles. The van der Waals surface area contributed by atoms with Crippen LogP contribution >= 0.6 is 0 Å². The molecule has 0 radical (unpaired) electrons. The summed E-state index contributed by atoms with van der Waals surface area (Å²) in [5.74, 6) is -0.0170. The fraction of sp³-hybridized carbons (Fsp3) is 0.381. The summed E-state index contributed by atoms with van der Waals surface area (Å²) < 4.78 is 13.2. The van der Waals surface area contributed by atoms with E-state index in [1.807, 2.05) is 4.90 Å². The number of halogens is 1. The topological polar surface area (TPSA) is 65.5 Å². The molecular formula is C21H23FN4O2. The van der Waals surface area contributed by atoms with Crippen LogP contribution in [0.2, 0.25) is 0 Å². The summed E-state index contributed by atoms with van der Waals surface area (Å²) in [6.07, 6.45) is 6.19. The van der Waals surface area contributed by atoms with Crippen molar-refractivity contribution in [3.63, 3.8) is 0 Å². The van der Waals surface area contributed by atoms with Crippen LogP contribution in [0.4, 0.5) is 20.7 Å². The van der Waals surface area contributed by atoms with Gasteiger partial charge in [0, 0.05) is 19.1 Å². The number of hydrogen-bond donors (Lipinski definition) is 1. The lowest BCUT2D eigenvalue weighted by Crippen LogP contribution is -2.38. The maximum Gasteiger partial charge on any atom is 0.326 e. The van der Waals surface area contributed by atoms with E-state index >= 15 is 0 Å². The number of carbonyl (C=O) groups excluding carboxylic acids is 2. The second-order valence-electron chi connectivity index (χ2n) is 7.33. The van der Waals surface area contributed by atoms with Crippen molar-refractivity contribution in [3.05, 3.63) is 54.0 Å². The number of anilines is 2. The van der Waals surface area contributed by atoms with E-state index < -0.39 is 0 Å². The largest absolute Gasteiger partial charge is 0.326 e. The van der Waals surface area contributed by atoms with E-state index in [0.717, 1.165) is 19.4 Å². The molecular weight excluding hydrogens is 359 g/mol. The highest BCUT2D eigenvalue weighted by atomic mass is 19.1. The molecule has 0 atom stereocenters. The molecule has 2 fully saturated rings. The molecule has 1 aliphatic carbocycles. The minimum atomic E-state index is -0.363. The standard InChI is InChI=1S/C21H23FN4O2/c22-16-5-3-4-15(12-16)13-20(27)24-17-8-9-19(23-14-17)26-11-10-25(21(26)28)18-6-1-2-7-18/h3-5,8-9,12,14,18H,1-2,6-7,10-11,13H2,(H,24,27). The fourth-order valence-corrected chi connectivity index (χ4v) is 3.98. The number of nitrogens with zero attached hydrogens (tertiary/aromatic N) is 3. The minimum absolute atomic E-state index is 0.0160. The molecule has 4 rings (SSSR count). The lowest BCUT2D eigenvalue weighted by Gasteiger charge is -2.23. The van der Waals surface area contributed by atoms with E-state index in [-0.39, 0.29) is 24.2 Å². The lowest BCUT2D eigenvalue weighted by molar-refractivity contribution is -0.115. The van der Waals surface area contributed by atoms with Crippen LogP contribution in [0.15, 0.2) is 42.6 Å². The molecule has 2 aliphatic rings. The number of pyridine rings is 1. The first-order chi connectivity index (χ1) is 13.6. The molecule has 1 aliphatic heterocycles. The van der Waals surface area contributed by atoms with Crippen molar-refractivity contribution in [2.45, 2.75) is 38.1 Å². The number of amides is 3. The van der Waals surface area contributed by atoms with Crippen LogP contribution in [0.3, 0.4) is 0 Å². The number of urea groups is 1. The van der Waals surface area contributed by atoms with Gasteiger partial charge in [-0.3, -0.25) is 9.69 Å². The van der Waals surface area contributed by atoms with Crippen molar-refractivity contribution >= 4 is 23.4 Å². The summed E-state index contributed by atoms with van der Waals surface area (Å²) in [6, 6.07) is 9.83. The molecule has 6 nitrogen and oxygen atoms in total. The van der Waals surface area contributed by atoms with Crippen molar-refractivity contribution in [3.8, 4) is 0 Å². The summed E-state index contributed by atoms with van der Waals surface area (Å²) in [5.41, 5.74) is 1.15. The number of hydrogen-bond acceptors (Lipinski definition) is 3. The molecule has 1 aromatic carbocycles. The van der Waals surface area contributed by atoms with E-state index in [1.165, 1.54) is 25.0 Å². The van der Waals surface area contributed by atoms with E-state index in [4.69, 9.17) is 0 Å². The maximum absolute atomic E-state index is 13.2. The second kappa shape index (κ2) is 7.96. The predicted octanol–water partition coefficient (Wildman–Crippen LogP) is 3.59. The highest BCUT2D eigenvalue weighted by molar-refractivity contribution is 5.94. The average Bonchev–Trinajstić information content (AvgIpc) is 3.32. The molecule has 2 heterocycles. The molecule has 7 heteroatoms. The molecule has 1 N–H and O–H groups in total. The molecule has 0 bridgehead atoms. The van der Waals surface area contributed by atoms with Crippen molar-refractivity contribution < 1.29 is 14.0 Å². The van der Waals surface area contributed by atoms with Crippen LogP contribution in [0, 0.1) is 5.82 Å².